The van der Waals surface area contributed by atoms with E-state index < -0.39 is 0 Å². The van der Waals surface area contributed by atoms with Crippen LogP contribution in [0.1, 0.15) is 43.9 Å². The minimum atomic E-state index is 0.154. The Kier molecular flexibility index (Phi) is 4.02. The molecular weight excluding hydrogens is 214 g/mol. The molecule has 1 heterocycles. The van der Waals surface area contributed by atoms with Gasteiger partial charge in [-0.05, 0) is 18.4 Å². The maximum Gasteiger partial charge on any atom is 0.128 e. The molecule has 1 aliphatic rings. The zero-order valence-corrected chi connectivity index (χ0v) is 10.8. The van der Waals surface area contributed by atoms with E-state index in [-0.39, 0.29) is 12.1 Å². The Labute approximate surface area is 103 Å². The van der Waals surface area contributed by atoms with Crippen molar-refractivity contribution in [3.8, 4) is 5.75 Å². The predicted molar refractivity (Wildman–Crippen MR) is 68.0 cm³/mol. The third-order valence-electron chi connectivity index (χ3n) is 3.30. The van der Waals surface area contributed by atoms with Gasteiger partial charge >= 0.3 is 0 Å². The number of hydrogen-bond donors (Lipinski definition) is 1. The van der Waals surface area contributed by atoms with Crippen molar-refractivity contribution in [1.82, 2.24) is 5.48 Å². The average Bonchev–Trinajstić information content (AvgIpc) is 2.69. The van der Waals surface area contributed by atoms with Crippen molar-refractivity contribution in [3.05, 3.63) is 29.3 Å². The lowest BCUT2D eigenvalue weighted by atomic mass is 9.99. The molecule has 1 aromatic rings. The van der Waals surface area contributed by atoms with Crippen LogP contribution in [-0.2, 0) is 11.3 Å². The van der Waals surface area contributed by atoms with Gasteiger partial charge in [0.05, 0.1) is 13.2 Å². The zero-order valence-electron chi connectivity index (χ0n) is 10.8. The van der Waals surface area contributed by atoms with Crippen LogP contribution in [0.5, 0.6) is 5.75 Å². The van der Waals surface area contributed by atoms with E-state index in [1.165, 1.54) is 11.1 Å². The molecule has 0 fully saturated rings. The minimum Gasteiger partial charge on any atom is -0.488 e. The van der Waals surface area contributed by atoms with Crippen LogP contribution in [0.3, 0.4) is 0 Å². The van der Waals surface area contributed by atoms with Gasteiger partial charge in [0.2, 0.25) is 0 Å². The molecule has 0 amide bonds. The maximum absolute atomic E-state index is 6.09. The van der Waals surface area contributed by atoms with Crippen molar-refractivity contribution < 1.29 is 9.57 Å². The largest absolute Gasteiger partial charge is 0.488 e. The molecule has 0 saturated heterocycles. The van der Waals surface area contributed by atoms with Crippen LogP contribution in [0, 0.1) is 0 Å². The Morgan fingerprint density at radius 2 is 2.18 bits per heavy atom. The number of para-hydroxylation sites is 1. The summed E-state index contributed by atoms with van der Waals surface area (Å²) in [5.41, 5.74) is 5.57. The molecule has 3 heteroatoms. The first-order valence-corrected chi connectivity index (χ1v) is 6.38. The SMILES string of the molecule is CCCC1Oc2c(CC)cccc2C1NOC. The molecule has 1 aromatic carbocycles. The first-order valence-electron chi connectivity index (χ1n) is 6.38. The van der Waals surface area contributed by atoms with Crippen molar-refractivity contribution in [3.63, 3.8) is 0 Å². The Morgan fingerprint density at radius 1 is 1.35 bits per heavy atom. The van der Waals surface area contributed by atoms with E-state index in [9.17, 15) is 0 Å². The molecule has 2 rings (SSSR count). The van der Waals surface area contributed by atoms with E-state index in [4.69, 9.17) is 9.57 Å². The number of hydroxylamine groups is 1. The number of rotatable bonds is 5. The van der Waals surface area contributed by atoms with Gasteiger partial charge in [0.25, 0.3) is 0 Å². The first kappa shape index (κ1) is 12.4. The van der Waals surface area contributed by atoms with Gasteiger partial charge in [-0.3, -0.25) is 0 Å². The Bertz CT molecular complexity index is 378. The van der Waals surface area contributed by atoms with Gasteiger partial charge in [-0.1, -0.05) is 38.5 Å². The fourth-order valence-corrected chi connectivity index (χ4v) is 2.47. The van der Waals surface area contributed by atoms with E-state index in [1.54, 1.807) is 7.11 Å². The van der Waals surface area contributed by atoms with Crippen molar-refractivity contribution in [2.45, 2.75) is 45.3 Å². The number of hydrogen-bond acceptors (Lipinski definition) is 3. The lowest BCUT2D eigenvalue weighted by Gasteiger charge is -2.18. The molecule has 2 atom stereocenters. The first-order chi connectivity index (χ1) is 8.31. The standard InChI is InChI=1S/C14H21NO2/c1-4-7-12-13(15-16-3)11-9-6-8-10(5-2)14(11)17-12/h6,8-9,12-13,15H,4-5,7H2,1-3H3. The highest BCUT2D eigenvalue weighted by Gasteiger charge is 2.34. The zero-order chi connectivity index (χ0) is 12.3. The Balaban J connectivity index is 2.31. The highest BCUT2D eigenvalue weighted by atomic mass is 16.6. The van der Waals surface area contributed by atoms with Crippen LogP contribution in [0.4, 0.5) is 0 Å². The molecule has 0 spiro atoms. The summed E-state index contributed by atoms with van der Waals surface area (Å²) < 4.78 is 6.09. The predicted octanol–water partition coefficient (Wildman–Crippen LogP) is 3.00. The smallest absolute Gasteiger partial charge is 0.128 e. The van der Waals surface area contributed by atoms with Gasteiger partial charge < -0.3 is 9.57 Å². The highest BCUT2D eigenvalue weighted by Crippen LogP contribution is 2.40. The fourth-order valence-electron chi connectivity index (χ4n) is 2.47. The number of benzene rings is 1. The van der Waals surface area contributed by atoms with Crippen LogP contribution in [0.15, 0.2) is 18.2 Å². The maximum atomic E-state index is 6.09. The van der Waals surface area contributed by atoms with Gasteiger partial charge in [-0.15, -0.1) is 0 Å². The van der Waals surface area contributed by atoms with Gasteiger partial charge in [-0.2, -0.15) is 5.48 Å². The summed E-state index contributed by atoms with van der Waals surface area (Å²) in [5.74, 6) is 1.06. The third-order valence-corrected chi connectivity index (χ3v) is 3.30. The molecule has 94 valence electrons. The summed E-state index contributed by atoms with van der Waals surface area (Å²) in [7, 11) is 1.66. The second kappa shape index (κ2) is 5.52. The van der Waals surface area contributed by atoms with Gasteiger partial charge in [0, 0.05) is 5.56 Å². The molecular formula is C14H21NO2. The third kappa shape index (κ3) is 2.31. The second-order valence-electron chi connectivity index (χ2n) is 4.43. The molecule has 1 N–H and O–H groups in total. The number of ether oxygens (including phenoxy) is 1. The van der Waals surface area contributed by atoms with Crippen molar-refractivity contribution >= 4 is 0 Å². The molecule has 0 aliphatic carbocycles. The van der Waals surface area contributed by atoms with Crippen LogP contribution >= 0.6 is 0 Å². The van der Waals surface area contributed by atoms with Crippen LogP contribution in [0.2, 0.25) is 0 Å². The molecule has 1 aliphatic heterocycles. The summed E-state index contributed by atoms with van der Waals surface area (Å²) in [4.78, 5) is 5.10. The van der Waals surface area contributed by atoms with Crippen LogP contribution < -0.4 is 10.2 Å². The monoisotopic (exact) mass is 235 g/mol. The van der Waals surface area contributed by atoms with E-state index in [0.29, 0.717) is 0 Å². The molecule has 2 unspecified atom stereocenters. The topological polar surface area (TPSA) is 30.5 Å². The fraction of sp³-hybridized carbons (Fsp3) is 0.571. The lowest BCUT2D eigenvalue weighted by Crippen LogP contribution is -2.30. The number of aryl methyl sites for hydroxylation is 1. The van der Waals surface area contributed by atoms with Crippen LogP contribution in [0.25, 0.3) is 0 Å². The van der Waals surface area contributed by atoms with Gasteiger partial charge in [0.1, 0.15) is 11.9 Å². The summed E-state index contributed by atoms with van der Waals surface area (Å²) >= 11 is 0. The average molecular weight is 235 g/mol. The normalized spacial score (nSPS) is 22.3. The Hall–Kier alpha value is -1.06. The van der Waals surface area contributed by atoms with Gasteiger partial charge in [0.15, 0.2) is 0 Å². The Morgan fingerprint density at radius 3 is 2.82 bits per heavy atom. The molecule has 0 aromatic heterocycles. The summed E-state index contributed by atoms with van der Waals surface area (Å²) in [6, 6.07) is 6.51. The van der Waals surface area contributed by atoms with Crippen LogP contribution in [-0.4, -0.2) is 13.2 Å². The van der Waals surface area contributed by atoms with E-state index >= 15 is 0 Å². The molecule has 0 bridgehead atoms. The second-order valence-corrected chi connectivity index (χ2v) is 4.43. The summed E-state index contributed by atoms with van der Waals surface area (Å²) in [6.45, 7) is 4.34. The molecule has 0 radical (unpaired) electrons. The van der Waals surface area contributed by atoms with E-state index in [1.807, 2.05) is 0 Å². The van der Waals surface area contributed by atoms with Crippen molar-refractivity contribution in [1.29, 1.82) is 0 Å². The highest BCUT2D eigenvalue weighted by molar-refractivity contribution is 5.47. The number of nitrogens with one attached hydrogen (secondary N) is 1. The minimum absolute atomic E-state index is 0.154. The van der Waals surface area contributed by atoms with Gasteiger partial charge in [-0.25, -0.2) is 0 Å². The van der Waals surface area contributed by atoms with Crippen molar-refractivity contribution in [2.24, 2.45) is 0 Å². The van der Waals surface area contributed by atoms with E-state index in [0.717, 1.165) is 25.0 Å². The van der Waals surface area contributed by atoms with Crippen molar-refractivity contribution in [2.75, 3.05) is 7.11 Å². The molecule has 0 saturated carbocycles. The summed E-state index contributed by atoms with van der Waals surface area (Å²) in [5, 5.41) is 0. The number of fused-ring (bicyclic) bond motifs is 1. The van der Waals surface area contributed by atoms with E-state index in [2.05, 4.69) is 37.5 Å². The summed E-state index contributed by atoms with van der Waals surface area (Å²) in [6.07, 6.45) is 3.34. The quantitative estimate of drug-likeness (QED) is 0.796. The molecule has 17 heavy (non-hydrogen) atoms. The lowest BCUT2D eigenvalue weighted by molar-refractivity contribution is 0.0268. The molecule has 3 nitrogen and oxygen atoms in total.